The van der Waals surface area contributed by atoms with E-state index in [1.165, 1.54) is 30.8 Å². The molecule has 1 saturated heterocycles. The summed E-state index contributed by atoms with van der Waals surface area (Å²) in [7, 11) is 0. The first kappa shape index (κ1) is 17.5. The lowest BCUT2D eigenvalue weighted by molar-refractivity contribution is 0.00635. The van der Waals surface area contributed by atoms with Gasteiger partial charge >= 0.3 is 0 Å². The molecule has 2 amide bonds. The van der Waals surface area contributed by atoms with Crippen LogP contribution < -0.4 is 0 Å². The highest BCUT2D eigenvalue weighted by Crippen LogP contribution is 2.44. The Balaban J connectivity index is 1.71. The fourth-order valence-electron chi connectivity index (χ4n) is 4.26. The van der Waals surface area contributed by atoms with Crippen LogP contribution in [0, 0.1) is 12.7 Å². The standard InChI is InChI=1S/C20H16FN5O3/c1-12-15(11-29-24-12)18(27)25-8-9-26-19(28)17-16(22-6-7-23-17)10-20(25,26)13-2-4-14(21)5-3-13/h2-7,11H,8-10H2,1H3. The average Bonchev–Trinajstić information content (AvgIpc) is 3.33. The number of amides is 2. The molecule has 0 saturated carbocycles. The van der Waals surface area contributed by atoms with E-state index in [2.05, 4.69) is 15.1 Å². The van der Waals surface area contributed by atoms with Gasteiger partial charge in [0.05, 0.1) is 11.4 Å². The summed E-state index contributed by atoms with van der Waals surface area (Å²) >= 11 is 0. The van der Waals surface area contributed by atoms with Crippen molar-refractivity contribution in [2.75, 3.05) is 13.1 Å². The molecule has 1 atom stereocenters. The molecule has 4 heterocycles. The van der Waals surface area contributed by atoms with Gasteiger partial charge in [-0.15, -0.1) is 0 Å². The molecule has 0 radical (unpaired) electrons. The zero-order valence-corrected chi connectivity index (χ0v) is 15.5. The molecule has 5 rings (SSSR count). The number of hydrogen-bond acceptors (Lipinski definition) is 6. The first-order chi connectivity index (χ1) is 14.0. The van der Waals surface area contributed by atoms with E-state index in [9.17, 15) is 14.0 Å². The molecule has 0 spiro atoms. The Hall–Kier alpha value is -3.62. The van der Waals surface area contributed by atoms with E-state index in [4.69, 9.17) is 4.52 Å². The van der Waals surface area contributed by atoms with Crippen LogP contribution in [0.5, 0.6) is 0 Å². The summed E-state index contributed by atoms with van der Waals surface area (Å²) in [6.07, 6.45) is 4.55. The van der Waals surface area contributed by atoms with Crippen LogP contribution >= 0.6 is 0 Å². The quantitative estimate of drug-likeness (QED) is 0.661. The lowest BCUT2D eigenvalue weighted by Crippen LogP contribution is -2.59. The largest absolute Gasteiger partial charge is 0.364 e. The van der Waals surface area contributed by atoms with Crippen molar-refractivity contribution >= 4 is 11.8 Å². The van der Waals surface area contributed by atoms with Crippen LogP contribution in [-0.4, -0.2) is 49.8 Å². The molecule has 9 heteroatoms. The lowest BCUT2D eigenvalue weighted by atomic mass is 9.87. The van der Waals surface area contributed by atoms with Crippen LogP contribution in [0.4, 0.5) is 4.39 Å². The van der Waals surface area contributed by atoms with Crippen molar-refractivity contribution in [2.45, 2.75) is 19.0 Å². The molecule has 2 aromatic heterocycles. The van der Waals surface area contributed by atoms with E-state index < -0.39 is 11.5 Å². The Morgan fingerprint density at radius 3 is 2.66 bits per heavy atom. The third-order valence-electron chi connectivity index (χ3n) is 5.61. The van der Waals surface area contributed by atoms with E-state index in [1.807, 2.05) is 0 Å². The molecule has 2 aliphatic rings. The van der Waals surface area contributed by atoms with Crippen LogP contribution in [0.25, 0.3) is 0 Å². The molecule has 1 aromatic carbocycles. The summed E-state index contributed by atoms with van der Waals surface area (Å²) in [4.78, 5) is 38.4. The van der Waals surface area contributed by atoms with Gasteiger partial charge in [-0.05, 0) is 24.6 Å². The molecule has 0 N–H and O–H groups in total. The van der Waals surface area contributed by atoms with Crippen LogP contribution in [0.3, 0.4) is 0 Å². The Bertz CT molecular complexity index is 1130. The molecule has 0 aliphatic carbocycles. The number of aryl methyl sites for hydroxylation is 1. The molecule has 29 heavy (non-hydrogen) atoms. The van der Waals surface area contributed by atoms with E-state index in [0.29, 0.717) is 35.6 Å². The van der Waals surface area contributed by atoms with Crippen LogP contribution in [0.2, 0.25) is 0 Å². The maximum Gasteiger partial charge on any atom is 0.276 e. The summed E-state index contributed by atoms with van der Waals surface area (Å²) in [6, 6.07) is 5.85. The molecule has 1 unspecified atom stereocenters. The number of carbonyl (C=O) groups is 2. The Morgan fingerprint density at radius 1 is 1.17 bits per heavy atom. The normalized spacial score (nSPS) is 20.6. The minimum Gasteiger partial charge on any atom is -0.364 e. The number of halogens is 1. The molecular weight excluding hydrogens is 377 g/mol. The highest BCUT2D eigenvalue weighted by molar-refractivity contribution is 5.99. The van der Waals surface area contributed by atoms with Crippen molar-refractivity contribution in [3.8, 4) is 0 Å². The first-order valence-electron chi connectivity index (χ1n) is 9.13. The number of aromatic nitrogens is 3. The van der Waals surface area contributed by atoms with Gasteiger partial charge in [0.15, 0.2) is 0 Å². The predicted molar refractivity (Wildman–Crippen MR) is 97.1 cm³/mol. The third-order valence-corrected chi connectivity index (χ3v) is 5.61. The van der Waals surface area contributed by atoms with Gasteiger partial charge in [0, 0.05) is 31.9 Å². The van der Waals surface area contributed by atoms with E-state index in [-0.39, 0.29) is 23.9 Å². The van der Waals surface area contributed by atoms with Crippen molar-refractivity contribution in [3.05, 3.63) is 76.9 Å². The summed E-state index contributed by atoms with van der Waals surface area (Å²) in [6.45, 7) is 2.31. The van der Waals surface area contributed by atoms with Crippen LogP contribution in [-0.2, 0) is 12.1 Å². The molecule has 0 bridgehead atoms. The van der Waals surface area contributed by atoms with Crippen molar-refractivity contribution in [1.82, 2.24) is 24.9 Å². The van der Waals surface area contributed by atoms with Crippen molar-refractivity contribution in [1.29, 1.82) is 0 Å². The molecular formula is C20H16FN5O3. The number of rotatable bonds is 2. The monoisotopic (exact) mass is 393 g/mol. The summed E-state index contributed by atoms with van der Waals surface area (Å²) < 4.78 is 18.6. The van der Waals surface area contributed by atoms with Crippen LogP contribution in [0.1, 0.15) is 37.8 Å². The smallest absolute Gasteiger partial charge is 0.276 e. The number of hydrogen-bond donors (Lipinski definition) is 0. The third kappa shape index (κ3) is 2.40. The van der Waals surface area contributed by atoms with Gasteiger partial charge in [0.25, 0.3) is 11.8 Å². The van der Waals surface area contributed by atoms with Gasteiger partial charge in [-0.3, -0.25) is 14.6 Å². The predicted octanol–water partition coefficient (Wildman–Crippen LogP) is 1.92. The zero-order chi connectivity index (χ0) is 20.2. The molecule has 1 fully saturated rings. The number of nitrogens with zero attached hydrogens (tertiary/aromatic N) is 5. The van der Waals surface area contributed by atoms with E-state index in [0.717, 1.165) is 0 Å². The summed E-state index contributed by atoms with van der Waals surface area (Å²) in [5.41, 5.74) is 1.06. The summed E-state index contributed by atoms with van der Waals surface area (Å²) in [5, 5.41) is 3.80. The van der Waals surface area contributed by atoms with Crippen molar-refractivity contribution in [3.63, 3.8) is 0 Å². The number of carbonyl (C=O) groups excluding carboxylic acids is 2. The average molecular weight is 393 g/mol. The van der Waals surface area contributed by atoms with Gasteiger partial charge in [0.2, 0.25) is 0 Å². The minimum absolute atomic E-state index is 0.254. The van der Waals surface area contributed by atoms with Gasteiger partial charge < -0.3 is 14.3 Å². The fourth-order valence-corrected chi connectivity index (χ4v) is 4.26. The van der Waals surface area contributed by atoms with Gasteiger partial charge in [-0.2, -0.15) is 0 Å². The second kappa shape index (κ2) is 6.20. The molecule has 2 aliphatic heterocycles. The zero-order valence-electron chi connectivity index (χ0n) is 15.5. The fraction of sp³-hybridized carbons (Fsp3) is 0.250. The maximum absolute atomic E-state index is 13.6. The Labute approximate surface area is 165 Å². The maximum atomic E-state index is 13.6. The van der Waals surface area contributed by atoms with E-state index in [1.54, 1.807) is 28.9 Å². The van der Waals surface area contributed by atoms with Crippen molar-refractivity contribution < 1.29 is 18.5 Å². The Kier molecular flexibility index (Phi) is 3.73. The Morgan fingerprint density at radius 2 is 1.93 bits per heavy atom. The van der Waals surface area contributed by atoms with Gasteiger partial charge in [-0.25, -0.2) is 9.37 Å². The van der Waals surface area contributed by atoms with Crippen molar-refractivity contribution in [2.24, 2.45) is 0 Å². The first-order valence-corrected chi connectivity index (χ1v) is 9.13. The SMILES string of the molecule is Cc1nocc1C(=O)N1CCN2C(=O)c3nccnc3CC12c1ccc(F)cc1. The second-order valence-electron chi connectivity index (χ2n) is 7.08. The highest BCUT2D eigenvalue weighted by atomic mass is 19.1. The second-order valence-corrected chi connectivity index (χ2v) is 7.08. The number of benzene rings is 1. The number of fused-ring (bicyclic) bond motifs is 2. The highest BCUT2D eigenvalue weighted by Gasteiger charge is 2.56. The van der Waals surface area contributed by atoms with E-state index >= 15 is 0 Å². The molecule has 3 aromatic rings. The lowest BCUT2D eigenvalue weighted by Gasteiger charge is -2.46. The molecule has 8 nitrogen and oxygen atoms in total. The topological polar surface area (TPSA) is 92.4 Å². The van der Waals surface area contributed by atoms with Gasteiger partial charge in [-0.1, -0.05) is 17.3 Å². The molecule has 146 valence electrons. The minimum atomic E-state index is -1.13. The summed E-state index contributed by atoms with van der Waals surface area (Å²) in [5.74, 6) is -1.01. The van der Waals surface area contributed by atoms with Crippen LogP contribution in [0.15, 0.2) is 47.4 Å². The van der Waals surface area contributed by atoms with Gasteiger partial charge in [0.1, 0.15) is 29.0 Å².